The topological polar surface area (TPSA) is 64.1 Å². The Morgan fingerprint density at radius 2 is 2.05 bits per heavy atom. The van der Waals surface area contributed by atoms with Gasteiger partial charge in [0.1, 0.15) is 12.4 Å². The number of hydrogen-bond donors (Lipinski definition) is 1. The summed E-state index contributed by atoms with van der Waals surface area (Å²) in [5.41, 5.74) is 7.07. The number of nitrogen functional groups attached to an aromatic ring is 1. The maximum Gasteiger partial charge on any atom is 0.242 e. The quantitative estimate of drug-likeness (QED) is 0.785. The van der Waals surface area contributed by atoms with Crippen molar-refractivity contribution in [1.82, 2.24) is 14.5 Å². The molecule has 0 saturated carbocycles. The number of likely N-dealkylation sites (tertiary alicyclic amines) is 1. The predicted octanol–water partition coefficient (Wildman–Crippen LogP) is 2.37. The van der Waals surface area contributed by atoms with Crippen molar-refractivity contribution in [2.75, 3.05) is 18.8 Å². The van der Waals surface area contributed by atoms with Gasteiger partial charge in [0.25, 0.3) is 0 Å². The average Bonchev–Trinajstić information content (AvgIpc) is 2.76. The Morgan fingerprint density at radius 3 is 2.76 bits per heavy atom. The number of anilines is 1. The molecule has 1 fully saturated rings. The third-order valence-corrected chi connectivity index (χ3v) is 4.65. The summed E-state index contributed by atoms with van der Waals surface area (Å²) in [7, 11) is 0. The standard InChI is InChI=1S/C14H16FIN4O/c15-9-6-12-11(7-10(9)16)18-14(17)20(12)8-13(21)19-4-2-1-3-5-19/h6-7H,1-5,8H2,(H2,17,18). The van der Waals surface area contributed by atoms with Crippen molar-refractivity contribution in [3.8, 4) is 0 Å². The molecule has 112 valence electrons. The van der Waals surface area contributed by atoms with Gasteiger partial charge in [0, 0.05) is 19.2 Å². The van der Waals surface area contributed by atoms with Crippen molar-refractivity contribution in [3.05, 3.63) is 21.5 Å². The summed E-state index contributed by atoms with van der Waals surface area (Å²) in [5, 5.41) is 0. The molecule has 1 amide bonds. The number of halogens is 2. The second-order valence-corrected chi connectivity index (χ2v) is 6.41. The number of nitrogens with two attached hydrogens (primary N) is 1. The average molecular weight is 402 g/mol. The Bertz CT molecular complexity index is 694. The number of piperidine rings is 1. The van der Waals surface area contributed by atoms with Crippen molar-refractivity contribution in [2.45, 2.75) is 25.8 Å². The molecule has 5 nitrogen and oxygen atoms in total. The van der Waals surface area contributed by atoms with E-state index >= 15 is 0 Å². The van der Waals surface area contributed by atoms with Crippen LogP contribution in [0.3, 0.4) is 0 Å². The van der Waals surface area contributed by atoms with Crippen LogP contribution in [-0.4, -0.2) is 33.4 Å². The highest BCUT2D eigenvalue weighted by Gasteiger charge is 2.19. The van der Waals surface area contributed by atoms with E-state index in [-0.39, 0.29) is 24.2 Å². The van der Waals surface area contributed by atoms with E-state index in [1.807, 2.05) is 27.5 Å². The minimum Gasteiger partial charge on any atom is -0.369 e. The molecule has 2 aromatic rings. The van der Waals surface area contributed by atoms with E-state index in [1.165, 1.54) is 12.5 Å². The number of imidazole rings is 1. The van der Waals surface area contributed by atoms with Gasteiger partial charge in [0.15, 0.2) is 0 Å². The maximum absolute atomic E-state index is 13.7. The smallest absolute Gasteiger partial charge is 0.242 e. The molecule has 1 aliphatic rings. The van der Waals surface area contributed by atoms with Gasteiger partial charge in [0.05, 0.1) is 14.6 Å². The SMILES string of the molecule is Nc1nc2cc(I)c(F)cc2n1CC(=O)N1CCCCC1. The van der Waals surface area contributed by atoms with E-state index in [2.05, 4.69) is 4.98 Å². The molecule has 7 heteroatoms. The van der Waals surface area contributed by atoms with Crippen LogP contribution in [0, 0.1) is 9.39 Å². The molecule has 1 aromatic carbocycles. The predicted molar refractivity (Wildman–Crippen MR) is 87.3 cm³/mol. The highest BCUT2D eigenvalue weighted by Crippen LogP contribution is 2.23. The zero-order valence-corrected chi connectivity index (χ0v) is 13.6. The molecule has 1 aromatic heterocycles. The Kier molecular flexibility index (Phi) is 4.01. The molecule has 2 N–H and O–H groups in total. The Morgan fingerprint density at radius 1 is 1.33 bits per heavy atom. The van der Waals surface area contributed by atoms with Crippen LogP contribution in [0.25, 0.3) is 11.0 Å². The molecule has 1 aliphatic heterocycles. The van der Waals surface area contributed by atoms with E-state index in [1.54, 1.807) is 10.6 Å². The number of hydrogen-bond acceptors (Lipinski definition) is 3. The number of aromatic nitrogens is 2. The lowest BCUT2D eigenvalue weighted by Gasteiger charge is -2.27. The highest BCUT2D eigenvalue weighted by molar-refractivity contribution is 14.1. The molecule has 0 unspecified atom stereocenters. The van der Waals surface area contributed by atoms with E-state index in [0.29, 0.717) is 14.6 Å². The van der Waals surface area contributed by atoms with Crippen LogP contribution in [0.1, 0.15) is 19.3 Å². The zero-order chi connectivity index (χ0) is 15.0. The van der Waals surface area contributed by atoms with Crippen LogP contribution in [-0.2, 0) is 11.3 Å². The third-order valence-electron chi connectivity index (χ3n) is 3.82. The Hall–Kier alpha value is -1.38. The van der Waals surface area contributed by atoms with Gasteiger partial charge < -0.3 is 15.2 Å². The number of nitrogens with zero attached hydrogens (tertiary/aromatic N) is 3. The highest BCUT2D eigenvalue weighted by atomic mass is 127. The molecule has 3 rings (SSSR count). The second kappa shape index (κ2) is 5.78. The van der Waals surface area contributed by atoms with Crippen molar-refractivity contribution >= 4 is 45.5 Å². The summed E-state index contributed by atoms with van der Waals surface area (Å²) >= 11 is 1.91. The van der Waals surface area contributed by atoms with Gasteiger partial charge in [-0.15, -0.1) is 0 Å². The summed E-state index contributed by atoms with van der Waals surface area (Å²) in [4.78, 5) is 18.4. The number of fused-ring (bicyclic) bond motifs is 1. The summed E-state index contributed by atoms with van der Waals surface area (Å²) in [6.45, 7) is 1.69. The number of amides is 1. The van der Waals surface area contributed by atoms with Gasteiger partial charge in [-0.3, -0.25) is 4.79 Å². The largest absolute Gasteiger partial charge is 0.369 e. The molecule has 0 bridgehead atoms. The lowest BCUT2D eigenvalue weighted by molar-refractivity contribution is -0.132. The van der Waals surface area contributed by atoms with Crippen molar-refractivity contribution in [1.29, 1.82) is 0 Å². The molecule has 21 heavy (non-hydrogen) atoms. The summed E-state index contributed by atoms with van der Waals surface area (Å²) in [5.74, 6) is -0.0638. The molecular weight excluding hydrogens is 386 g/mol. The van der Waals surface area contributed by atoms with Gasteiger partial charge in [0.2, 0.25) is 11.9 Å². The normalized spacial score (nSPS) is 15.6. The maximum atomic E-state index is 13.7. The first-order valence-electron chi connectivity index (χ1n) is 6.95. The first kappa shape index (κ1) is 14.6. The van der Waals surface area contributed by atoms with Gasteiger partial charge in [-0.1, -0.05) is 0 Å². The van der Waals surface area contributed by atoms with Gasteiger partial charge in [-0.2, -0.15) is 0 Å². The van der Waals surface area contributed by atoms with Crippen LogP contribution in [0.2, 0.25) is 0 Å². The first-order valence-corrected chi connectivity index (χ1v) is 8.02. The Labute approximate surface area is 135 Å². The summed E-state index contributed by atoms with van der Waals surface area (Å²) < 4.78 is 15.8. The molecular formula is C14H16FIN4O. The second-order valence-electron chi connectivity index (χ2n) is 5.25. The number of carbonyl (C=O) groups is 1. The van der Waals surface area contributed by atoms with E-state index < -0.39 is 0 Å². The van der Waals surface area contributed by atoms with Crippen LogP contribution in [0.5, 0.6) is 0 Å². The van der Waals surface area contributed by atoms with Crippen LogP contribution in [0.4, 0.5) is 10.3 Å². The summed E-state index contributed by atoms with van der Waals surface area (Å²) in [6, 6.07) is 3.04. The summed E-state index contributed by atoms with van der Waals surface area (Å²) in [6.07, 6.45) is 3.25. The van der Waals surface area contributed by atoms with Crippen molar-refractivity contribution in [2.24, 2.45) is 0 Å². The van der Waals surface area contributed by atoms with Crippen LogP contribution >= 0.6 is 22.6 Å². The molecule has 1 saturated heterocycles. The van der Waals surface area contributed by atoms with E-state index in [4.69, 9.17) is 5.73 Å². The van der Waals surface area contributed by atoms with Crippen molar-refractivity contribution in [3.63, 3.8) is 0 Å². The number of benzene rings is 1. The van der Waals surface area contributed by atoms with Crippen LogP contribution < -0.4 is 5.73 Å². The van der Waals surface area contributed by atoms with E-state index in [0.717, 1.165) is 25.9 Å². The van der Waals surface area contributed by atoms with E-state index in [9.17, 15) is 9.18 Å². The van der Waals surface area contributed by atoms with Gasteiger partial charge in [-0.25, -0.2) is 9.37 Å². The lowest BCUT2D eigenvalue weighted by Crippen LogP contribution is -2.37. The fraction of sp³-hybridized carbons (Fsp3) is 0.429. The monoisotopic (exact) mass is 402 g/mol. The number of carbonyl (C=O) groups excluding carboxylic acids is 1. The molecule has 2 heterocycles. The van der Waals surface area contributed by atoms with Gasteiger partial charge >= 0.3 is 0 Å². The molecule has 0 radical (unpaired) electrons. The van der Waals surface area contributed by atoms with Gasteiger partial charge in [-0.05, 0) is 47.9 Å². The fourth-order valence-electron chi connectivity index (χ4n) is 2.68. The van der Waals surface area contributed by atoms with Crippen LogP contribution in [0.15, 0.2) is 12.1 Å². The lowest BCUT2D eigenvalue weighted by atomic mass is 10.1. The Balaban J connectivity index is 1.91. The fourth-order valence-corrected chi connectivity index (χ4v) is 3.13. The van der Waals surface area contributed by atoms with Crippen molar-refractivity contribution < 1.29 is 9.18 Å². The molecule has 0 spiro atoms. The molecule has 0 atom stereocenters. The molecule has 0 aliphatic carbocycles. The third kappa shape index (κ3) is 2.83. The number of rotatable bonds is 2. The zero-order valence-electron chi connectivity index (χ0n) is 11.5. The first-order chi connectivity index (χ1) is 10.1. The minimum absolute atomic E-state index is 0.0136. The minimum atomic E-state index is -0.324.